The van der Waals surface area contributed by atoms with Crippen LogP contribution in [0, 0.1) is 0 Å². The van der Waals surface area contributed by atoms with Crippen LogP contribution in [0.1, 0.15) is 6.42 Å². The largest absolute Gasteiger partial charge is 0.399 e. The maximum Gasteiger partial charge on any atom is 0.0448 e. The standard InChI is InChI=1S/C18H22BrN3/c1-21(2)14-9-10-22(12-14)18-8-7-13(20)11-16(18)15-5-3-4-6-17(15)19/h3-8,11,14H,9-10,12,20H2,1-2H3/t14-/m1/s1. The summed E-state index contributed by atoms with van der Waals surface area (Å²) in [7, 11) is 4.32. The van der Waals surface area contributed by atoms with Crippen LogP contribution in [0.2, 0.25) is 0 Å². The zero-order valence-electron chi connectivity index (χ0n) is 13.1. The van der Waals surface area contributed by atoms with Gasteiger partial charge in [-0.05, 0) is 50.3 Å². The number of hydrogen-bond donors (Lipinski definition) is 1. The fourth-order valence-corrected chi connectivity index (χ4v) is 3.61. The average molecular weight is 360 g/mol. The van der Waals surface area contributed by atoms with Gasteiger partial charge >= 0.3 is 0 Å². The van der Waals surface area contributed by atoms with E-state index in [1.54, 1.807) is 0 Å². The molecule has 0 radical (unpaired) electrons. The highest BCUT2D eigenvalue weighted by atomic mass is 79.9. The summed E-state index contributed by atoms with van der Waals surface area (Å²) in [4.78, 5) is 4.79. The Morgan fingerprint density at radius 3 is 2.59 bits per heavy atom. The van der Waals surface area contributed by atoms with Gasteiger partial charge in [-0.25, -0.2) is 0 Å². The topological polar surface area (TPSA) is 32.5 Å². The Hall–Kier alpha value is -1.52. The molecule has 2 aromatic carbocycles. The van der Waals surface area contributed by atoms with Crippen LogP contribution in [-0.2, 0) is 0 Å². The van der Waals surface area contributed by atoms with Crippen LogP contribution >= 0.6 is 15.9 Å². The maximum absolute atomic E-state index is 6.05. The molecule has 1 saturated heterocycles. The smallest absolute Gasteiger partial charge is 0.0448 e. The van der Waals surface area contributed by atoms with Gasteiger partial charge in [-0.15, -0.1) is 0 Å². The molecule has 0 bridgehead atoms. The van der Waals surface area contributed by atoms with Crippen LogP contribution in [0.4, 0.5) is 11.4 Å². The molecule has 1 aliphatic rings. The molecule has 3 rings (SSSR count). The normalized spacial score (nSPS) is 18.2. The van der Waals surface area contributed by atoms with E-state index in [1.807, 2.05) is 12.1 Å². The minimum absolute atomic E-state index is 0.615. The Labute approximate surface area is 140 Å². The number of nitrogen functional groups attached to an aromatic ring is 1. The quantitative estimate of drug-likeness (QED) is 0.845. The van der Waals surface area contributed by atoms with Gasteiger partial charge < -0.3 is 15.5 Å². The van der Waals surface area contributed by atoms with Gasteiger partial charge in [0.2, 0.25) is 0 Å². The van der Waals surface area contributed by atoms with E-state index >= 15 is 0 Å². The van der Waals surface area contributed by atoms with Crippen molar-refractivity contribution in [3.05, 3.63) is 46.9 Å². The van der Waals surface area contributed by atoms with Crippen molar-refractivity contribution < 1.29 is 0 Å². The Bertz CT molecular complexity index is 669. The summed E-state index contributed by atoms with van der Waals surface area (Å²) in [6.45, 7) is 2.15. The Morgan fingerprint density at radius 1 is 1.14 bits per heavy atom. The van der Waals surface area contributed by atoms with Gasteiger partial charge in [-0.1, -0.05) is 34.1 Å². The van der Waals surface area contributed by atoms with Crippen molar-refractivity contribution in [1.29, 1.82) is 0 Å². The molecule has 0 spiro atoms. The summed E-state index contributed by atoms with van der Waals surface area (Å²) in [5, 5.41) is 0. The number of benzene rings is 2. The molecule has 1 atom stereocenters. The first-order valence-corrected chi connectivity index (χ1v) is 8.41. The van der Waals surface area contributed by atoms with Crippen LogP contribution in [0.25, 0.3) is 11.1 Å². The summed E-state index contributed by atoms with van der Waals surface area (Å²) < 4.78 is 1.10. The third kappa shape index (κ3) is 2.99. The highest BCUT2D eigenvalue weighted by Gasteiger charge is 2.26. The molecule has 0 aromatic heterocycles. The van der Waals surface area contributed by atoms with Crippen molar-refractivity contribution in [3.63, 3.8) is 0 Å². The number of anilines is 2. The first kappa shape index (κ1) is 15.4. The third-order valence-electron chi connectivity index (χ3n) is 4.42. The Morgan fingerprint density at radius 2 is 1.91 bits per heavy atom. The summed E-state index contributed by atoms with van der Waals surface area (Å²) in [6, 6.07) is 15.2. The van der Waals surface area contributed by atoms with Crippen molar-refractivity contribution >= 4 is 27.3 Å². The van der Waals surface area contributed by atoms with Crippen molar-refractivity contribution in [2.45, 2.75) is 12.5 Å². The van der Waals surface area contributed by atoms with Crippen LogP contribution in [-0.4, -0.2) is 38.1 Å². The predicted molar refractivity (Wildman–Crippen MR) is 98.3 cm³/mol. The van der Waals surface area contributed by atoms with Gasteiger partial charge in [-0.2, -0.15) is 0 Å². The molecule has 4 heteroatoms. The van der Waals surface area contributed by atoms with Gasteiger partial charge in [-0.3, -0.25) is 0 Å². The van der Waals surface area contributed by atoms with E-state index in [4.69, 9.17) is 5.73 Å². The van der Waals surface area contributed by atoms with Gasteiger partial charge in [0, 0.05) is 40.5 Å². The molecule has 22 heavy (non-hydrogen) atoms. The van der Waals surface area contributed by atoms with Gasteiger partial charge in [0.1, 0.15) is 0 Å². The van der Waals surface area contributed by atoms with E-state index in [0.29, 0.717) is 6.04 Å². The lowest BCUT2D eigenvalue weighted by atomic mass is 10.0. The first-order chi connectivity index (χ1) is 10.6. The van der Waals surface area contributed by atoms with E-state index < -0.39 is 0 Å². The number of hydrogen-bond acceptors (Lipinski definition) is 3. The minimum Gasteiger partial charge on any atom is -0.399 e. The number of halogens is 1. The number of likely N-dealkylation sites (N-methyl/N-ethyl adjacent to an activating group) is 1. The van der Waals surface area contributed by atoms with E-state index in [-0.39, 0.29) is 0 Å². The van der Waals surface area contributed by atoms with Gasteiger partial charge in [0.05, 0.1) is 0 Å². The molecule has 3 nitrogen and oxygen atoms in total. The molecular formula is C18H22BrN3. The maximum atomic E-state index is 6.05. The van der Waals surface area contributed by atoms with E-state index in [2.05, 4.69) is 70.2 Å². The summed E-state index contributed by atoms with van der Waals surface area (Å²) in [5.74, 6) is 0. The van der Waals surface area contributed by atoms with Gasteiger partial charge in [0.25, 0.3) is 0 Å². The van der Waals surface area contributed by atoms with Crippen molar-refractivity contribution in [2.75, 3.05) is 37.8 Å². The summed E-state index contributed by atoms with van der Waals surface area (Å²) in [5.41, 5.74) is 10.5. The second kappa shape index (κ2) is 6.31. The van der Waals surface area contributed by atoms with Crippen molar-refractivity contribution in [3.8, 4) is 11.1 Å². The molecule has 0 amide bonds. The second-order valence-corrected chi connectivity index (χ2v) is 6.96. The zero-order valence-corrected chi connectivity index (χ0v) is 14.7. The highest BCUT2D eigenvalue weighted by molar-refractivity contribution is 9.10. The van der Waals surface area contributed by atoms with Crippen LogP contribution < -0.4 is 10.6 Å². The van der Waals surface area contributed by atoms with Crippen molar-refractivity contribution in [2.24, 2.45) is 0 Å². The number of nitrogens with zero attached hydrogens (tertiary/aromatic N) is 2. The van der Waals surface area contributed by atoms with E-state index in [0.717, 1.165) is 23.2 Å². The summed E-state index contributed by atoms with van der Waals surface area (Å²) >= 11 is 3.67. The van der Waals surface area contributed by atoms with E-state index in [1.165, 1.54) is 23.2 Å². The minimum atomic E-state index is 0.615. The molecule has 2 aromatic rings. The van der Waals surface area contributed by atoms with Crippen LogP contribution in [0.15, 0.2) is 46.9 Å². The highest BCUT2D eigenvalue weighted by Crippen LogP contribution is 2.38. The molecule has 2 N–H and O–H groups in total. The molecule has 116 valence electrons. The molecule has 1 aliphatic heterocycles. The molecule has 0 unspecified atom stereocenters. The fraction of sp³-hybridized carbons (Fsp3) is 0.333. The lowest BCUT2D eigenvalue weighted by molar-refractivity contribution is 0.315. The van der Waals surface area contributed by atoms with Crippen LogP contribution in [0.5, 0.6) is 0 Å². The van der Waals surface area contributed by atoms with E-state index in [9.17, 15) is 0 Å². The lowest BCUT2D eigenvalue weighted by Gasteiger charge is -2.24. The molecule has 1 fully saturated rings. The monoisotopic (exact) mass is 359 g/mol. The van der Waals surface area contributed by atoms with Crippen molar-refractivity contribution in [1.82, 2.24) is 4.90 Å². The molecule has 1 heterocycles. The Kier molecular flexibility index (Phi) is 4.41. The molecule has 0 saturated carbocycles. The third-order valence-corrected chi connectivity index (χ3v) is 5.11. The Balaban J connectivity index is 2.01. The zero-order chi connectivity index (χ0) is 15.7. The SMILES string of the molecule is CN(C)[C@@H]1CCN(c2ccc(N)cc2-c2ccccc2Br)C1. The van der Waals surface area contributed by atoms with Gasteiger partial charge in [0.15, 0.2) is 0 Å². The van der Waals surface area contributed by atoms with Crippen LogP contribution in [0.3, 0.4) is 0 Å². The summed E-state index contributed by atoms with van der Waals surface area (Å²) in [6.07, 6.45) is 1.20. The number of rotatable bonds is 3. The first-order valence-electron chi connectivity index (χ1n) is 7.62. The fourth-order valence-electron chi connectivity index (χ4n) is 3.11. The molecular weight excluding hydrogens is 338 g/mol. The second-order valence-electron chi connectivity index (χ2n) is 6.11. The predicted octanol–water partition coefficient (Wildman–Crippen LogP) is 3.84. The molecule has 0 aliphatic carbocycles. The lowest BCUT2D eigenvalue weighted by Crippen LogP contribution is -2.31. The average Bonchev–Trinajstić information content (AvgIpc) is 2.97. The number of nitrogens with two attached hydrogens (primary N) is 1.